The number of carbonyl (C=O) groups excluding carboxylic acids is 1. The van der Waals surface area contributed by atoms with E-state index in [4.69, 9.17) is 0 Å². The third-order valence-electron chi connectivity index (χ3n) is 1.10. The molecule has 1 rings (SSSR count). The average molecular weight is 171 g/mol. The molecule has 4 nitrogen and oxygen atoms in total. The molecule has 0 spiro atoms. The average Bonchev–Trinajstić information content (AvgIpc) is 2.40. The molecule has 0 saturated heterocycles. The highest BCUT2D eigenvalue weighted by Crippen LogP contribution is 2.09. The van der Waals surface area contributed by atoms with Gasteiger partial charge in [0.2, 0.25) is 5.91 Å². The Hall–Kier alpha value is -0.970. The fourth-order valence-electron chi connectivity index (χ4n) is 0.649. The predicted molar refractivity (Wildman–Crippen MR) is 43.4 cm³/mol. The van der Waals surface area contributed by atoms with Crippen LogP contribution < -0.4 is 5.32 Å². The SMILES string of the molecule is CCCC(=O)Nc1cnns1. The molecule has 1 aromatic rings. The van der Waals surface area contributed by atoms with Crippen LogP contribution in [-0.2, 0) is 4.79 Å². The molecule has 0 radical (unpaired) electrons. The maximum Gasteiger partial charge on any atom is 0.225 e. The summed E-state index contributed by atoms with van der Waals surface area (Å²) in [6.45, 7) is 1.96. The van der Waals surface area contributed by atoms with Crippen LogP contribution in [0.2, 0.25) is 0 Å². The van der Waals surface area contributed by atoms with Crippen LogP contribution in [-0.4, -0.2) is 15.5 Å². The highest BCUT2D eigenvalue weighted by molar-refractivity contribution is 7.10. The van der Waals surface area contributed by atoms with E-state index in [-0.39, 0.29) is 5.91 Å². The van der Waals surface area contributed by atoms with Gasteiger partial charge in [0.25, 0.3) is 0 Å². The van der Waals surface area contributed by atoms with E-state index in [1.54, 1.807) is 0 Å². The van der Waals surface area contributed by atoms with Crippen molar-refractivity contribution < 1.29 is 4.79 Å². The van der Waals surface area contributed by atoms with Crippen molar-refractivity contribution in [2.24, 2.45) is 0 Å². The van der Waals surface area contributed by atoms with Gasteiger partial charge in [-0.05, 0) is 6.42 Å². The van der Waals surface area contributed by atoms with E-state index in [0.717, 1.165) is 6.42 Å². The first kappa shape index (κ1) is 8.13. The summed E-state index contributed by atoms with van der Waals surface area (Å²) in [4.78, 5) is 11.0. The van der Waals surface area contributed by atoms with Gasteiger partial charge in [0.05, 0.1) is 6.20 Å². The molecule has 0 aliphatic carbocycles. The zero-order chi connectivity index (χ0) is 8.10. The number of aromatic nitrogens is 2. The number of carbonyl (C=O) groups is 1. The first-order valence-corrected chi connectivity index (χ1v) is 4.17. The van der Waals surface area contributed by atoms with Gasteiger partial charge in [-0.2, -0.15) is 0 Å². The van der Waals surface area contributed by atoms with Gasteiger partial charge in [-0.3, -0.25) is 4.79 Å². The molecule has 1 N–H and O–H groups in total. The molecule has 0 unspecified atom stereocenters. The van der Waals surface area contributed by atoms with Crippen molar-refractivity contribution in [3.05, 3.63) is 6.20 Å². The minimum atomic E-state index is 0.0264. The summed E-state index contributed by atoms with van der Waals surface area (Å²) in [7, 11) is 0. The van der Waals surface area contributed by atoms with Gasteiger partial charge in [0.1, 0.15) is 5.00 Å². The summed E-state index contributed by atoms with van der Waals surface area (Å²) in [6.07, 6.45) is 2.95. The second kappa shape index (κ2) is 4.02. The molecular weight excluding hydrogens is 162 g/mol. The van der Waals surface area contributed by atoms with Crippen molar-refractivity contribution in [1.82, 2.24) is 9.59 Å². The quantitative estimate of drug-likeness (QED) is 0.745. The molecule has 11 heavy (non-hydrogen) atoms. The third kappa shape index (κ3) is 2.63. The fourth-order valence-corrected chi connectivity index (χ4v) is 1.09. The Labute approximate surface area is 68.8 Å². The number of nitrogens with one attached hydrogen (secondary N) is 1. The molecule has 60 valence electrons. The Bertz CT molecular complexity index is 222. The Morgan fingerprint density at radius 3 is 3.18 bits per heavy atom. The Kier molecular flexibility index (Phi) is 2.97. The second-order valence-corrected chi connectivity index (χ2v) is 2.87. The Morgan fingerprint density at radius 1 is 1.82 bits per heavy atom. The maximum atomic E-state index is 11.0. The highest BCUT2D eigenvalue weighted by Gasteiger charge is 2.00. The highest BCUT2D eigenvalue weighted by atomic mass is 32.1. The Balaban J connectivity index is 2.37. The molecule has 1 amide bonds. The summed E-state index contributed by atoms with van der Waals surface area (Å²) in [5.74, 6) is 0.0264. The number of hydrogen-bond donors (Lipinski definition) is 1. The van der Waals surface area contributed by atoms with Crippen molar-refractivity contribution >= 4 is 22.4 Å². The van der Waals surface area contributed by atoms with Gasteiger partial charge in [0, 0.05) is 18.0 Å². The van der Waals surface area contributed by atoms with E-state index < -0.39 is 0 Å². The van der Waals surface area contributed by atoms with Crippen LogP contribution >= 0.6 is 11.5 Å². The predicted octanol–water partition coefficient (Wildman–Crippen LogP) is 1.28. The maximum absolute atomic E-state index is 11.0. The van der Waals surface area contributed by atoms with Crippen LogP contribution in [0.1, 0.15) is 19.8 Å². The number of nitrogens with zero attached hydrogens (tertiary/aromatic N) is 2. The summed E-state index contributed by atoms with van der Waals surface area (Å²) in [5.41, 5.74) is 0. The van der Waals surface area contributed by atoms with Crippen LogP contribution in [0, 0.1) is 0 Å². The summed E-state index contributed by atoms with van der Waals surface area (Å²) in [5, 5.41) is 6.98. The fraction of sp³-hybridized carbons (Fsp3) is 0.500. The molecule has 5 heteroatoms. The minimum Gasteiger partial charge on any atom is -0.315 e. The number of amides is 1. The van der Waals surface area contributed by atoms with Gasteiger partial charge in [-0.25, -0.2) is 0 Å². The largest absolute Gasteiger partial charge is 0.315 e. The van der Waals surface area contributed by atoms with E-state index in [9.17, 15) is 4.79 Å². The monoisotopic (exact) mass is 171 g/mol. The van der Waals surface area contributed by atoms with E-state index in [1.807, 2.05) is 6.92 Å². The van der Waals surface area contributed by atoms with E-state index >= 15 is 0 Å². The lowest BCUT2D eigenvalue weighted by molar-refractivity contribution is -0.116. The molecule has 0 fully saturated rings. The number of anilines is 1. The van der Waals surface area contributed by atoms with Gasteiger partial charge in [-0.15, -0.1) is 5.10 Å². The lowest BCUT2D eigenvalue weighted by Crippen LogP contribution is -2.09. The third-order valence-corrected chi connectivity index (χ3v) is 1.68. The molecule has 0 aliphatic heterocycles. The number of rotatable bonds is 3. The zero-order valence-corrected chi connectivity index (χ0v) is 7.02. The summed E-state index contributed by atoms with van der Waals surface area (Å²) in [6, 6.07) is 0. The van der Waals surface area contributed by atoms with Crippen LogP contribution in [0.4, 0.5) is 5.00 Å². The zero-order valence-electron chi connectivity index (χ0n) is 6.20. The van der Waals surface area contributed by atoms with Crippen molar-refractivity contribution in [1.29, 1.82) is 0 Å². The summed E-state index contributed by atoms with van der Waals surface area (Å²) < 4.78 is 3.61. The van der Waals surface area contributed by atoms with Gasteiger partial charge in [-0.1, -0.05) is 11.4 Å². The topological polar surface area (TPSA) is 54.9 Å². The normalized spacial score (nSPS) is 9.55. The van der Waals surface area contributed by atoms with Crippen molar-refractivity contribution in [3.8, 4) is 0 Å². The van der Waals surface area contributed by atoms with Gasteiger partial charge >= 0.3 is 0 Å². The van der Waals surface area contributed by atoms with Crippen LogP contribution in [0.5, 0.6) is 0 Å². The lowest BCUT2D eigenvalue weighted by Gasteiger charge is -1.96. The van der Waals surface area contributed by atoms with E-state index in [1.165, 1.54) is 17.7 Å². The summed E-state index contributed by atoms with van der Waals surface area (Å²) >= 11 is 1.18. The first-order valence-electron chi connectivity index (χ1n) is 3.40. The molecule has 0 aromatic carbocycles. The van der Waals surface area contributed by atoms with Crippen LogP contribution in [0.15, 0.2) is 6.20 Å². The molecule has 1 aromatic heterocycles. The van der Waals surface area contributed by atoms with Gasteiger partial charge < -0.3 is 5.32 Å². The van der Waals surface area contributed by atoms with Crippen molar-refractivity contribution in [3.63, 3.8) is 0 Å². The molecule has 0 aliphatic rings. The standard InChI is InChI=1S/C6H9N3OS/c1-2-3-5(10)8-6-4-7-9-11-6/h4H,2-3H2,1H3,(H,8,10). The Morgan fingerprint density at radius 2 is 2.64 bits per heavy atom. The number of hydrogen-bond acceptors (Lipinski definition) is 4. The smallest absolute Gasteiger partial charge is 0.225 e. The molecule has 0 atom stereocenters. The van der Waals surface area contributed by atoms with E-state index in [2.05, 4.69) is 14.9 Å². The van der Waals surface area contributed by atoms with E-state index in [0.29, 0.717) is 11.4 Å². The molecule has 1 heterocycles. The molecular formula is C6H9N3OS. The van der Waals surface area contributed by atoms with Crippen LogP contribution in [0.3, 0.4) is 0 Å². The van der Waals surface area contributed by atoms with Crippen molar-refractivity contribution in [2.45, 2.75) is 19.8 Å². The molecule has 0 bridgehead atoms. The lowest BCUT2D eigenvalue weighted by atomic mass is 10.3. The second-order valence-electron chi connectivity index (χ2n) is 2.08. The van der Waals surface area contributed by atoms with Crippen LogP contribution in [0.25, 0.3) is 0 Å². The van der Waals surface area contributed by atoms with Crippen molar-refractivity contribution in [2.75, 3.05) is 5.32 Å². The minimum absolute atomic E-state index is 0.0264. The first-order chi connectivity index (χ1) is 5.33. The molecule has 0 saturated carbocycles. The van der Waals surface area contributed by atoms with Gasteiger partial charge in [0.15, 0.2) is 0 Å².